The van der Waals surface area contributed by atoms with Gasteiger partial charge in [-0.1, -0.05) is 87.9 Å². The molecular weight excluding hydrogens is 401 g/mol. The number of hydrogen-bond acceptors (Lipinski definition) is 2. The Labute approximate surface area is 189 Å². The second-order valence-electron chi connectivity index (χ2n) is 9.75. The van der Waals surface area contributed by atoms with Gasteiger partial charge in [-0.15, -0.1) is 0 Å². The van der Waals surface area contributed by atoms with Crippen LogP contribution in [0.3, 0.4) is 0 Å². The van der Waals surface area contributed by atoms with Gasteiger partial charge in [0.25, 0.3) is 0 Å². The van der Waals surface area contributed by atoms with Gasteiger partial charge in [0.15, 0.2) is 8.32 Å². The first-order valence-corrected chi connectivity index (χ1v) is 14.4. The summed E-state index contributed by atoms with van der Waals surface area (Å²) < 4.78 is 21.7. The fourth-order valence-electron chi connectivity index (χ4n) is 3.83. The van der Waals surface area contributed by atoms with Crippen molar-refractivity contribution in [3.63, 3.8) is 0 Å². The average Bonchev–Trinajstić information content (AvgIpc) is 2.73. The van der Waals surface area contributed by atoms with E-state index in [2.05, 4.69) is 46.0 Å². The highest BCUT2D eigenvalue weighted by molar-refractivity contribution is 6.74. The molecule has 0 heterocycles. The van der Waals surface area contributed by atoms with Crippen molar-refractivity contribution >= 4 is 8.32 Å². The summed E-state index contributed by atoms with van der Waals surface area (Å²) in [7, 11) is -1.95. The Morgan fingerprint density at radius 2 is 1.52 bits per heavy atom. The van der Waals surface area contributed by atoms with Crippen LogP contribution in [0.4, 0.5) is 4.39 Å². The summed E-state index contributed by atoms with van der Waals surface area (Å²) >= 11 is 0. The first-order valence-electron chi connectivity index (χ1n) is 11.5. The van der Waals surface area contributed by atoms with Crippen LogP contribution >= 0.6 is 0 Å². The zero-order valence-electron chi connectivity index (χ0n) is 19.9. The standard InChI is InChI=1S/C27H40FNOSi/c1-6-17-27(2,3)31(4,5)30-21-24(18-22-13-9-7-10-14-22)19-25(28)26(29)20-23-15-11-8-12-16-23/h7-16,19,24,26H,6,17-18,20-21,29H2,1-5H3/t24-,26-/m1/s1. The highest BCUT2D eigenvalue weighted by Crippen LogP contribution is 2.42. The fraction of sp³-hybridized carbons (Fsp3) is 0.481. The summed E-state index contributed by atoms with van der Waals surface area (Å²) in [6.45, 7) is 11.9. The van der Waals surface area contributed by atoms with E-state index in [-0.39, 0.29) is 16.8 Å². The zero-order valence-corrected chi connectivity index (χ0v) is 20.9. The maximum atomic E-state index is 15.1. The van der Waals surface area contributed by atoms with E-state index in [0.717, 1.165) is 24.8 Å². The molecule has 2 nitrogen and oxygen atoms in total. The number of benzene rings is 2. The molecule has 2 aromatic rings. The van der Waals surface area contributed by atoms with E-state index in [0.29, 0.717) is 13.0 Å². The molecule has 0 amide bonds. The van der Waals surface area contributed by atoms with E-state index in [9.17, 15) is 0 Å². The van der Waals surface area contributed by atoms with Crippen LogP contribution in [0.15, 0.2) is 72.6 Å². The lowest BCUT2D eigenvalue weighted by atomic mass is 9.97. The third kappa shape index (κ3) is 8.02. The minimum absolute atomic E-state index is 0.0478. The molecule has 2 rings (SSSR count). The summed E-state index contributed by atoms with van der Waals surface area (Å²) in [6, 6.07) is 19.4. The lowest BCUT2D eigenvalue weighted by Crippen LogP contribution is -2.43. The Bertz CT molecular complexity index is 805. The van der Waals surface area contributed by atoms with Crippen LogP contribution in [0, 0.1) is 5.92 Å². The van der Waals surface area contributed by atoms with Crippen molar-refractivity contribution in [2.45, 2.75) is 70.6 Å². The summed E-state index contributed by atoms with van der Waals surface area (Å²) in [5.41, 5.74) is 8.44. The predicted molar refractivity (Wildman–Crippen MR) is 133 cm³/mol. The van der Waals surface area contributed by atoms with Crippen molar-refractivity contribution in [2.24, 2.45) is 11.7 Å². The summed E-state index contributed by atoms with van der Waals surface area (Å²) in [6.07, 6.45) is 5.22. The molecule has 0 saturated carbocycles. The molecule has 4 heteroatoms. The lowest BCUT2D eigenvalue weighted by molar-refractivity contribution is 0.243. The van der Waals surface area contributed by atoms with Crippen molar-refractivity contribution in [3.05, 3.63) is 83.7 Å². The van der Waals surface area contributed by atoms with Crippen LogP contribution < -0.4 is 5.73 Å². The number of halogens is 1. The van der Waals surface area contributed by atoms with Crippen LogP contribution in [-0.4, -0.2) is 21.0 Å². The molecule has 170 valence electrons. The van der Waals surface area contributed by atoms with Gasteiger partial charge in [0.1, 0.15) is 5.83 Å². The third-order valence-corrected chi connectivity index (χ3v) is 10.9. The minimum atomic E-state index is -1.95. The van der Waals surface area contributed by atoms with Crippen LogP contribution in [0.5, 0.6) is 0 Å². The SMILES string of the molecule is CCCC(C)(C)[Si](C)(C)OC[C@@H](C=C(F)[C@H](N)Cc1ccccc1)Cc1ccccc1. The Kier molecular flexibility index (Phi) is 9.67. The van der Waals surface area contributed by atoms with Gasteiger partial charge in [0.2, 0.25) is 0 Å². The smallest absolute Gasteiger partial charge is 0.192 e. The lowest BCUT2D eigenvalue weighted by Gasteiger charge is -2.40. The molecule has 0 radical (unpaired) electrons. The monoisotopic (exact) mass is 441 g/mol. The molecule has 0 aliphatic heterocycles. The van der Waals surface area contributed by atoms with Gasteiger partial charge in [-0.3, -0.25) is 0 Å². The first-order chi connectivity index (χ1) is 14.6. The van der Waals surface area contributed by atoms with Gasteiger partial charge in [-0.25, -0.2) is 4.39 Å². The Balaban J connectivity index is 2.14. The normalized spacial score (nSPS) is 15.0. The van der Waals surface area contributed by atoms with Gasteiger partial charge in [-0.05, 0) is 54.6 Å². The van der Waals surface area contributed by atoms with E-state index in [1.54, 1.807) is 6.08 Å². The highest BCUT2D eigenvalue weighted by Gasteiger charge is 2.40. The number of rotatable bonds is 12. The third-order valence-electron chi connectivity index (χ3n) is 6.55. The van der Waals surface area contributed by atoms with Crippen molar-refractivity contribution in [1.82, 2.24) is 0 Å². The molecule has 0 aliphatic carbocycles. The Morgan fingerprint density at radius 1 is 1.00 bits per heavy atom. The van der Waals surface area contributed by atoms with E-state index in [4.69, 9.17) is 10.2 Å². The van der Waals surface area contributed by atoms with Gasteiger partial charge >= 0.3 is 0 Å². The summed E-state index contributed by atoms with van der Waals surface area (Å²) in [5, 5.41) is 0.172. The van der Waals surface area contributed by atoms with Gasteiger partial charge in [0, 0.05) is 12.5 Å². The molecule has 2 atom stereocenters. The molecule has 2 aromatic carbocycles. The van der Waals surface area contributed by atoms with Crippen molar-refractivity contribution in [3.8, 4) is 0 Å². The van der Waals surface area contributed by atoms with Gasteiger partial charge in [-0.2, -0.15) is 0 Å². The fourth-order valence-corrected chi connectivity index (χ4v) is 5.71. The Morgan fingerprint density at radius 3 is 2.03 bits per heavy atom. The van der Waals surface area contributed by atoms with Crippen LogP contribution in [0.1, 0.15) is 44.7 Å². The molecule has 0 aliphatic rings. The Hall–Kier alpha value is -1.75. The summed E-state index contributed by atoms with van der Waals surface area (Å²) in [5.74, 6) is -0.297. The van der Waals surface area contributed by atoms with Crippen LogP contribution in [0.25, 0.3) is 0 Å². The second kappa shape index (κ2) is 11.7. The number of nitrogens with two attached hydrogens (primary N) is 1. The maximum Gasteiger partial charge on any atom is 0.192 e. The van der Waals surface area contributed by atoms with E-state index < -0.39 is 14.4 Å². The van der Waals surface area contributed by atoms with Gasteiger partial charge in [0.05, 0.1) is 6.04 Å². The minimum Gasteiger partial charge on any atom is -0.416 e. The van der Waals surface area contributed by atoms with E-state index >= 15 is 4.39 Å². The number of hydrogen-bond donors (Lipinski definition) is 1. The van der Waals surface area contributed by atoms with Crippen LogP contribution in [0.2, 0.25) is 18.1 Å². The molecule has 2 N–H and O–H groups in total. The van der Waals surface area contributed by atoms with E-state index in [1.807, 2.05) is 48.5 Å². The average molecular weight is 442 g/mol. The molecule has 0 unspecified atom stereocenters. The second-order valence-corrected chi connectivity index (χ2v) is 14.4. The quantitative estimate of drug-likeness (QED) is 0.357. The van der Waals surface area contributed by atoms with E-state index in [1.165, 1.54) is 5.56 Å². The largest absolute Gasteiger partial charge is 0.416 e. The molecule has 0 bridgehead atoms. The highest BCUT2D eigenvalue weighted by atomic mass is 28.4. The molecule has 31 heavy (non-hydrogen) atoms. The molecule has 0 aromatic heterocycles. The van der Waals surface area contributed by atoms with Crippen molar-refractivity contribution in [2.75, 3.05) is 6.61 Å². The maximum absolute atomic E-state index is 15.1. The molecule has 0 spiro atoms. The predicted octanol–water partition coefficient (Wildman–Crippen LogP) is 7.07. The topological polar surface area (TPSA) is 35.2 Å². The van der Waals surface area contributed by atoms with Gasteiger partial charge < -0.3 is 10.2 Å². The first kappa shape index (κ1) is 25.5. The molecule has 0 saturated heterocycles. The van der Waals surface area contributed by atoms with Crippen molar-refractivity contribution < 1.29 is 8.82 Å². The zero-order chi connectivity index (χ0) is 22.9. The molecular formula is C27H40FNOSi. The summed E-state index contributed by atoms with van der Waals surface area (Å²) in [4.78, 5) is 0. The van der Waals surface area contributed by atoms with Crippen LogP contribution in [-0.2, 0) is 17.3 Å². The molecule has 0 fully saturated rings. The van der Waals surface area contributed by atoms with Crippen molar-refractivity contribution in [1.29, 1.82) is 0 Å².